The molecule has 2 unspecified atom stereocenters. The van der Waals surface area contributed by atoms with Crippen molar-refractivity contribution in [3.63, 3.8) is 0 Å². The van der Waals surface area contributed by atoms with Crippen LogP contribution < -0.4 is 0 Å². The first kappa shape index (κ1) is 12.3. The van der Waals surface area contributed by atoms with Crippen LogP contribution in [0.5, 0.6) is 0 Å². The van der Waals surface area contributed by atoms with Gasteiger partial charge in [-0.05, 0) is 62.4 Å². The second-order valence-corrected chi connectivity index (χ2v) is 5.71. The fraction of sp³-hybridized carbons (Fsp3) is 0.438. The van der Waals surface area contributed by atoms with Crippen molar-refractivity contribution >= 4 is 16.6 Å². The van der Waals surface area contributed by atoms with Gasteiger partial charge in [0.1, 0.15) is 0 Å². The molecule has 3 nitrogen and oxygen atoms in total. The zero-order chi connectivity index (χ0) is 13.4. The molecule has 0 saturated heterocycles. The van der Waals surface area contributed by atoms with Crippen LogP contribution in [0.4, 0.5) is 5.69 Å². The topological polar surface area (TPSA) is 23.4 Å². The molecule has 1 N–H and O–H groups in total. The number of hydrogen-bond acceptors (Lipinski definition) is 1. The summed E-state index contributed by atoms with van der Waals surface area (Å²) in [6.07, 6.45) is 5.88. The number of aromatic nitrogens is 1. The third-order valence-corrected chi connectivity index (χ3v) is 4.40. The maximum Gasteiger partial charge on any atom is 0.187 e. The highest BCUT2D eigenvalue weighted by atomic mass is 15.1. The first-order chi connectivity index (χ1) is 9.19. The van der Waals surface area contributed by atoms with E-state index in [4.69, 9.17) is 6.57 Å². The van der Waals surface area contributed by atoms with Gasteiger partial charge in [-0.1, -0.05) is 6.07 Å². The predicted octanol–water partition coefficient (Wildman–Crippen LogP) is 3.92. The Balaban J connectivity index is 1.95. The first-order valence-corrected chi connectivity index (χ1v) is 6.84. The average Bonchev–Trinajstić information content (AvgIpc) is 3.03. The minimum atomic E-state index is 0.627. The van der Waals surface area contributed by atoms with Crippen LogP contribution in [0, 0.1) is 6.57 Å². The van der Waals surface area contributed by atoms with E-state index in [1.807, 2.05) is 18.2 Å². The van der Waals surface area contributed by atoms with E-state index < -0.39 is 0 Å². The van der Waals surface area contributed by atoms with Gasteiger partial charge < -0.3 is 9.88 Å². The maximum atomic E-state index is 7.15. The van der Waals surface area contributed by atoms with E-state index in [9.17, 15) is 0 Å². The Hall–Kier alpha value is -1.79. The molecule has 1 aromatic heterocycles. The predicted molar refractivity (Wildman–Crippen MR) is 78.6 cm³/mol. The molecule has 2 aromatic rings. The molecule has 0 spiro atoms. The second-order valence-electron chi connectivity index (χ2n) is 5.71. The van der Waals surface area contributed by atoms with Crippen molar-refractivity contribution < 1.29 is 0 Å². The van der Waals surface area contributed by atoms with Crippen LogP contribution >= 0.6 is 0 Å². The van der Waals surface area contributed by atoms with Gasteiger partial charge in [-0.3, -0.25) is 0 Å². The summed E-state index contributed by atoms with van der Waals surface area (Å²) < 4.78 is 0. The van der Waals surface area contributed by atoms with Crippen molar-refractivity contribution in [2.24, 2.45) is 0 Å². The number of nitrogens with zero attached hydrogens (tertiary/aromatic N) is 2. The Morgan fingerprint density at radius 3 is 2.84 bits per heavy atom. The smallest absolute Gasteiger partial charge is 0.187 e. The van der Waals surface area contributed by atoms with Crippen LogP contribution in [-0.2, 0) is 0 Å². The molecule has 98 valence electrons. The third kappa shape index (κ3) is 2.13. The molecule has 1 aliphatic rings. The van der Waals surface area contributed by atoms with Gasteiger partial charge >= 0.3 is 0 Å². The molecule has 3 rings (SSSR count). The monoisotopic (exact) mass is 253 g/mol. The summed E-state index contributed by atoms with van der Waals surface area (Å²) in [5.41, 5.74) is 3.27. The molecule has 3 heteroatoms. The molecule has 1 heterocycles. The van der Waals surface area contributed by atoms with Gasteiger partial charge in [0.05, 0.1) is 6.57 Å². The number of hydrogen-bond donors (Lipinski definition) is 1. The number of fused-ring (bicyclic) bond motifs is 1. The van der Waals surface area contributed by atoms with Gasteiger partial charge in [0.2, 0.25) is 0 Å². The van der Waals surface area contributed by atoms with Gasteiger partial charge in [-0.25, -0.2) is 4.85 Å². The summed E-state index contributed by atoms with van der Waals surface area (Å²) in [7, 11) is 4.33. The lowest BCUT2D eigenvalue weighted by Crippen LogP contribution is -2.24. The first-order valence-electron chi connectivity index (χ1n) is 6.84. The summed E-state index contributed by atoms with van der Waals surface area (Å²) in [6.45, 7) is 7.15. The highest BCUT2D eigenvalue weighted by Gasteiger charge is 2.28. The molecule has 19 heavy (non-hydrogen) atoms. The zero-order valence-corrected chi connectivity index (χ0v) is 11.5. The molecule has 0 aliphatic heterocycles. The van der Waals surface area contributed by atoms with E-state index in [0.717, 1.165) is 11.2 Å². The molecule has 1 fully saturated rings. The van der Waals surface area contributed by atoms with Crippen LogP contribution in [0.3, 0.4) is 0 Å². The normalized spacial score (nSPS) is 23.1. The van der Waals surface area contributed by atoms with E-state index >= 15 is 0 Å². The summed E-state index contributed by atoms with van der Waals surface area (Å²) in [4.78, 5) is 9.22. The van der Waals surface area contributed by atoms with Gasteiger partial charge in [0, 0.05) is 17.8 Å². The number of aromatic amines is 1. The van der Waals surface area contributed by atoms with Crippen LogP contribution in [-0.4, -0.2) is 30.0 Å². The number of nitrogens with one attached hydrogen (secondary N) is 1. The Bertz CT molecular complexity index is 633. The zero-order valence-electron chi connectivity index (χ0n) is 11.5. The van der Waals surface area contributed by atoms with Crippen molar-refractivity contribution in [1.29, 1.82) is 0 Å². The van der Waals surface area contributed by atoms with Gasteiger partial charge in [-0.2, -0.15) is 0 Å². The third-order valence-electron chi connectivity index (χ3n) is 4.40. The van der Waals surface area contributed by atoms with Crippen molar-refractivity contribution in [1.82, 2.24) is 9.88 Å². The molecule has 1 saturated carbocycles. The molecule has 1 aromatic carbocycles. The van der Waals surface area contributed by atoms with Crippen molar-refractivity contribution in [2.75, 3.05) is 14.1 Å². The molecule has 0 bridgehead atoms. The molecule has 0 radical (unpaired) electrons. The summed E-state index contributed by atoms with van der Waals surface area (Å²) >= 11 is 0. The number of H-pyrrole nitrogens is 1. The van der Waals surface area contributed by atoms with Gasteiger partial charge in [0.15, 0.2) is 5.69 Å². The molecular weight excluding hydrogens is 234 g/mol. The van der Waals surface area contributed by atoms with Gasteiger partial charge in [-0.15, -0.1) is 0 Å². The lowest BCUT2D eigenvalue weighted by Gasteiger charge is -2.18. The van der Waals surface area contributed by atoms with Crippen molar-refractivity contribution in [2.45, 2.75) is 31.2 Å². The SMILES string of the molecule is [C-]#[N+]c1ccc2[nH]cc(C3CCC(N(C)C)C3)c2c1. The minimum absolute atomic E-state index is 0.627. The van der Waals surface area contributed by atoms with E-state index in [0.29, 0.717) is 12.0 Å². The quantitative estimate of drug-likeness (QED) is 0.806. The van der Waals surface area contributed by atoms with E-state index in [-0.39, 0.29) is 0 Å². The number of benzene rings is 1. The average molecular weight is 253 g/mol. The Morgan fingerprint density at radius 1 is 1.32 bits per heavy atom. The van der Waals surface area contributed by atoms with Crippen molar-refractivity contribution in [3.8, 4) is 0 Å². The van der Waals surface area contributed by atoms with E-state index in [1.165, 1.54) is 30.2 Å². The molecular formula is C16H19N3. The minimum Gasteiger partial charge on any atom is -0.361 e. The standard InChI is InChI=1S/C16H19N3/c1-17-12-5-7-16-14(9-12)15(10-18-16)11-4-6-13(8-11)19(2)3/h5,7,9-11,13,18H,4,6,8H2,2-3H3. The van der Waals surface area contributed by atoms with Crippen LogP contribution in [0.15, 0.2) is 24.4 Å². The van der Waals surface area contributed by atoms with Gasteiger partial charge in [0.25, 0.3) is 0 Å². The molecule has 2 atom stereocenters. The molecule has 0 amide bonds. The molecule has 1 aliphatic carbocycles. The van der Waals surface area contributed by atoms with E-state index in [1.54, 1.807) is 0 Å². The Kier molecular flexibility index (Phi) is 3.04. The van der Waals surface area contributed by atoms with Crippen molar-refractivity contribution in [3.05, 3.63) is 41.4 Å². The Morgan fingerprint density at radius 2 is 2.16 bits per heavy atom. The lowest BCUT2D eigenvalue weighted by molar-refractivity contribution is 0.297. The summed E-state index contributed by atoms with van der Waals surface area (Å²) in [5.74, 6) is 0.627. The second kappa shape index (κ2) is 4.71. The van der Waals surface area contributed by atoms with Crippen LogP contribution in [0.25, 0.3) is 15.7 Å². The van der Waals surface area contributed by atoms with Crippen LogP contribution in [0.2, 0.25) is 0 Å². The largest absolute Gasteiger partial charge is 0.361 e. The highest BCUT2D eigenvalue weighted by Crippen LogP contribution is 2.39. The van der Waals surface area contributed by atoms with Crippen LogP contribution in [0.1, 0.15) is 30.7 Å². The number of rotatable bonds is 2. The fourth-order valence-electron chi connectivity index (χ4n) is 3.25. The fourth-order valence-corrected chi connectivity index (χ4v) is 3.25. The summed E-state index contributed by atoms with van der Waals surface area (Å²) in [6, 6.07) is 6.62. The maximum absolute atomic E-state index is 7.15. The Labute approximate surface area is 114 Å². The lowest BCUT2D eigenvalue weighted by atomic mass is 9.96. The van der Waals surface area contributed by atoms with E-state index in [2.05, 4.69) is 35.0 Å². The summed E-state index contributed by atoms with van der Waals surface area (Å²) in [5, 5.41) is 1.23. The highest BCUT2D eigenvalue weighted by molar-refractivity contribution is 5.87.